The van der Waals surface area contributed by atoms with Crippen LogP contribution in [-0.4, -0.2) is 19.1 Å². The van der Waals surface area contributed by atoms with Crippen LogP contribution in [0.25, 0.3) is 0 Å². The zero-order valence-electron chi connectivity index (χ0n) is 9.47. The van der Waals surface area contributed by atoms with Crippen molar-refractivity contribution in [1.82, 2.24) is 0 Å². The molecule has 1 atom stereocenters. The zero-order valence-corrected chi connectivity index (χ0v) is 9.47. The van der Waals surface area contributed by atoms with Crippen molar-refractivity contribution >= 4 is 5.69 Å². The van der Waals surface area contributed by atoms with Crippen LogP contribution >= 0.6 is 0 Å². The molecule has 17 heavy (non-hydrogen) atoms. The van der Waals surface area contributed by atoms with Crippen molar-refractivity contribution in [2.45, 2.75) is 31.3 Å². The number of halogens is 3. The molecule has 0 heterocycles. The minimum Gasteiger partial charge on any atom is -0.481 e. The lowest BCUT2D eigenvalue weighted by Gasteiger charge is -2.21. The van der Waals surface area contributed by atoms with E-state index < -0.39 is 17.8 Å². The molecular formula is C12H14F3NO. The molecule has 2 rings (SSSR count). The number of anilines is 1. The fraction of sp³-hybridized carbons (Fsp3) is 0.500. The number of ether oxygens (including phenoxy) is 1. The van der Waals surface area contributed by atoms with Gasteiger partial charge in [0, 0.05) is 25.2 Å². The second-order valence-electron chi connectivity index (χ2n) is 4.15. The van der Waals surface area contributed by atoms with Crippen LogP contribution in [-0.2, 0) is 0 Å². The van der Waals surface area contributed by atoms with E-state index in [2.05, 4.69) is 5.32 Å². The van der Waals surface area contributed by atoms with Crippen LogP contribution in [0.15, 0.2) is 18.2 Å². The van der Waals surface area contributed by atoms with E-state index in [1.165, 1.54) is 12.1 Å². The Bertz CT molecular complexity index is 409. The van der Waals surface area contributed by atoms with Crippen LogP contribution in [0.3, 0.4) is 0 Å². The fourth-order valence-corrected chi connectivity index (χ4v) is 1.95. The zero-order chi connectivity index (χ0) is 12.5. The van der Waals surface area contributed by atoms with E-state index in [0.717, 1.165) is 0 Å². The van der Waals surface area contributed by atoms with E-state index in [1.807, 2.05) is 0 Å². The summed E-state index contributed by atoms with van der Waals surface area (Å²) in [6, 6.07) is 4.18. The van der Waals surface area contributed by atoms with Gasteiger partial charge in [-0.2, -0.15) is 0 Å². The molecule has 0 aromatic heterocycles. The molecule has 1 aliphatic rings. The van der Waals surface area contributed by atoms with Gasteiger partial charge in [-0.1, -0.05) is 0 Å². The first-order chi connectivity index (χ1) is 8.03. The molecule has 0 saturated heterocycles. The third-order valence-electron chi connectivity index (χ3n) is 2.94. The van der Waals surface area contributed by atoms with Gasteiger partial charge >= 0.3 is 0 Å². The summed E-state index contributed by atoms with van der Waals surface area (Å²) in [6.45, 7) is 0. The Morgan fingerprint density at radius 2 is 2.18 bits per heavy atom. The Balaban J connectivity index is 2.13. The first-order valence-corrected chi connectivity index (χ1v) is 5.55. The summed E-state index contributed by atoms with van der Waals surface area (Å²) in [5.41, 5.74) is 0.577. The highest BCUT2D eigenvalue weighted by molar-refractivity contribution is 5.46. The molecule has 1 N–H and O–H groups in total. The maximum Gasteiger partial charge on any atom is 0.284 e. The third kappa shape index (κ3) is 2.48. The minimum atomic E-state index is -2.85. The molecule has 0 spiro atoms. The fourth-order valence-electron chi connectivity index (χ4n) is 1.95. The SMILES string of the molecule is CNc1ccc(OC2CCCC2(F)F)c(F)c1. The highest BCUT2D eigenvalue weighted by Gasteiger charge is 2.45. The van der Waals surface area contributed by atoms with Gasteiger partial charge in [0.2, 0.25) is 0 Å². The van der Waals surface area contributed by atoms with Crippen LogP contribution in [0.2, 0.25) is 0 Å². The maximum absolute atomic E-state index is 13.5. The largest absolute Gasteiger partial charge is 0.481 e. The first kappa shape index (κ1) is 12.1. The van der Waals surface area contributed by atoms with E-state index in [1.54, 1.807) is 13.1 Å². The highest BCUT2D eigenvalue weighted by atomic mass is 19.3. The smallest absolute Gasteiger partial charge is 0.284 e. The second-order valence-corrected chi connectivity index (χ2v) is 4.15. The van der Waals surface area contributed by atoms with Crippen molar-refractivity contribution in [1.29, 1.82) is 0 Å². The topological polar surface area (TPSA) is 21.3 Å². The van der Waals surface area contributed by atoms with Gasteiger partial charge in [0.15, 0.2) is 17.7 Å². The van der Waals surface area contributed by atoms with Crippen molar-refractivity contribution in [2.24, 2.45) is 0 Å². The molecule has 2 nitrogen and oxygen atoms in total. The summed E-state index contributed by atoms with van der Waals surface area (Å²) in [7, 11) is 1.65. The third-order valence-corrected chi connectivity index (χ3v) is 2.94. The molecule has 1 fully saturated rings. The van der Waals surface area contributed by atoms with Crippen LogP contribution in [0.5, 0.6) is 5.75 Å². The average Bonchev–Trinajstić information content (AvgIpc) is 2.61. The molecule has 0 amide bonds. The molecular weight excluding hydrogens is 231 g/mol. The lowest BCUT2D eigenvalue weighted by atomic mass is 10.2. The summed E-state index contributed by atoms with van der Waals surface area (Å²) in [5, 5.41) is 2.76. The van der Waals surface area contributed by atoms with Gasteiger partial charge in [-0.3, -0.25) is 0 Å². The van der Waals surface area contributed by atoms with Crippen molar-refractivity contribution < 1.29 is 17.9 Å². The van der Waals surface area contributed by atoms with Gasteiger partial charge in [0.1, 0.15) is 0 Å². The predicted octanol–water partition coefficient (Wildman–Crippen LogP) is 3.43. The summed E-state index contributed by atoms with van der Waals surface area (Å²) in [5.74, 6) is -3.59. The van der Waals surface area contributed by atoms with Gasteiger partial charge < -0.3 is 10.1 Å². The number of nitrogens with one attached hydrogen (secondary N) is 1. The normalized spacial score (nSPS) is 22.5. The Morgan fingerprint density at radius 1 is 1.41 bits per heavy atom. The van der Waals surface area contributed by atoms with E-state index >= 15 is 0 Å². The van der Waals surface area contributed by atoms with Crippen molar-refractivity contribution in [3.05, 3.63) is 24.0 Å². The lowest BCUT2D eigenvalue weighted by molar-refractivity contribution is -0.0746. The summed E-state index contributed by atoms with van der Waals surface area (Å²) in [4.78, 5) is 0. The minimum absolute atomic E-state index is 0.115. The Morgan fingerprint density at radius 3 is 2.71 bits per heavy atom. The van der Waals surface area contributed by atoms with Crippen LogP contribution in [0, 0.1) is 5.82 Å². The van der Waals surface area contributed by atoms with Gasteiger partial charge in [-0.15, -0.1) is 0 Å². The maximum atomic E-state index is 13.5. The summed E-state index contributed by atoms with van der Waals surface area (Å²) in [6.07, 6.45) is -0.723. The summed E-state index contributed by atoms with van der Waals surface area (Å²) < 4.78 is 45.2. The first-order valence-electron chi connectivity index (χ1n) is 5.55. The molecule has 5 heteroatoms. The van der Waals surface area contributed by atoms with Crippen LogP contribution < -0.4 is 10.1 Å². The van der Waals surface area contributed by atoms with E-state index in [-0.39, 0.29) is 18.6 Å². The Labute approximate surface area is 97.8 Å². The van der Waals surface area contributed by atoms with Crippen molar-refractivity contribution in [2.75, 3.05) is 12.4 Å². The molecule has 1 saturated carbocycles. The Hall–Kier alpha value is -1.39. The number of alkyl halides is 2. The predicted molar refractivity (Wildman–Crippen MR) is 59.2 cm³/mol. The lowest BCUT2D eigenvalue weighted by Crippen LogP contribution is -2.32. The molecule has 1 aromatic carbocycles. The van der Waals surface area contributed by atoms with E-state index in [9.17, 15) is 13.2 Å². The molecule has 1 unspecified atom stereocenters. The number of benzene rings is 1. The van der Waals surface area contributed by atoms with E-state index in [4.69, 9.17) is 4.74 Å². The molecule has 0 radical (unpaired) electrons. The summed E-state index contributed by atoms with van der Waals surface area (Å²) >= 11 is 0. The molecule has 1 aliphatic carbocycles. The quantitative estimate of drug-likeness (QED) is 0.880. The molecule has 0 aliphatic heterocycles. The number of hydrogen-bond donors (Lipinski definition) is 1. The monoisotopic (exact) mass is 245 g/mol. The number of hydrogen-bond acceptors (Lipinski definition) is 2. The van der Waals surface area contributed by atoms with E-state index in [0.29, 0.717) is 12.1 Å². The van der Waals surface area contributed by atoms with Crippen molar-refractivity contribution in [3.63, 3.8) is 0 Å². The molecule has 94 valence electrons. The highest BCUT2D eigenvalue weighted by Crippen LogP contribution is 2.38. The Kier molecular flexibility index (Phi) is 3.17. The van der Waals surface area contributed by atoms with Crippen molar-refractivity contribution in [3.8, 4) is 5.75 Å². The molecule has 1 aromatic rings. The van der Waals surface area contributed by atoms with Gasteiger partial charge in [0.05, 0.1) is 0 Å². The van der Waals surface area contributed by atoms with Gasteiger partial charge in [-0.25, -0.2) is 13.2 Å². The number of rotatable bonds is 3. The average molecular weight is 245 g/mol. The standard InChI is InChI=1S/C12H14F3NO/c1-16-8-4-5-10(9(13)7-8)17-11-3-2-6-12(11,14)15/h4-5,7,11,16H,2-3,6H2,1H3. The van der Waals surface area contributed by atoms with Crippen LogP contribution in [0.1, 0.15) is 19.3 Å². The van der Waals surface area contributed by atoms with Crippen LogP contribution in [0.4, 0.5) is 18.9 Å². The second kappa shape index (κ2) is 4.47. The van der Waals surface area contributed by atoms with Gasteiger partial charge in [-0.05, 0) is 25.0 Å². The molecule has 0 bridgehead atoms. The van der Waals surface area contributed by atoms with Gasteiger partial charge in [0.25, 0.3) is 5.92 Å².